The van der Waals surface area contributed by atoms with E-state index in [1.807, 2.05) is 41.2 Å². The van der Waals surface area contributed by atoms with E-state index in [0.29, 0.717) is 12.2 Å². The molecule has 3 aromatic rings. The summed E-state index contributed by atoms with van der Waals surface area (Å²) in [6.45, 7) is 1.94. The number of aromatic nitrogens is 4. The van der Waals surface area contributed by atoms with Gasteiger partial charge in [0.1, 0.15) is 12.1 Å². The van der Waals surface area contributed by atoms with Crippen molar-refractivity contribution in [2.24, 2.45) is 0 Å². The lowest BCUT2D eigenvalue weighted by Gasteiger charge is -2.35. The van der Waals surface area contributed by atoms with Crippen LogP contribution in [0.25, 0.3) is 16.7 Å². The SMILES string of the molecule is c1ccc(-n2ncc3c(N4CCC(OC5CCCCC5)CC4)ncnc32)cc1. The molecular formula is C22H27N5O. The maximum atomic E-state index is 6.39. The fourth-order valence-electron chi connectivity index (χ4n) is 4.52. The third kappa shape index (κ3) is 3.49. The van der Waals surface area contributed by atoms with Gasteiger partial charge in [0.25, 0.3) is 0 Å². The first-order chi connectivity index (χ1) is 13.9. The molecule has 1 aliphatic heterocycles. The van der Waals surface area contributed by atoms with E-state index in [2.05, 4.69) is 20.0 Å². The molecule has 6 heteroatoms. The van der Waals surface area contributed by atoms with Crippen molar-refractivity contribution < 1.29 is 4.74 Å². The van der Waals surface area contributed by atoms with Gasteiger partial charge in [-0.2, -0.15) is 5.10 Å². The molecule has 146 valence electrons. The highest BCUT2D eigenvalue weighted by atomic mass is 16.5. The summed E-state index contributed by atoms with van der Waals surface area (Å²) in [6, 6.07) is 10.1. The molecule has 1 aliphatic carbocycles. The summed E-state index contributed by atoms with van der Waals surface area (Å²) in [5.41, 5.74) is 1.87. The summed E-state index contributed by atoms with van der Waals surface area (Å²) >= 11 is 0. The standard InChI is InChI=1S/C22H27N5O/c1-3-7-17(8-4-1)27-22-20(15-25-27)21(23-16-24-22)26-13-11-19(12-14-26)28-18-9-5-2-6-10-18/h1,3-4,7-8,15-16,18-19H,2,5-6,9-14H2. The Kier molecular flexibility index (Phi) is 4.95. The van der Waals surface area contributed by atoms with Gasteiger partial charge >= 0.3 is 0 Å². The van der Waals surface area contributed by atoms with Crippen molar-refractivity contribution in [1.82, 2.24) is 19.7 Å². The average Bonchev–Trinajstić information content (AvgIpc) is 3.20. The highest BCUT2D eigenvalue weighted by Gasteiger charge is 2.26. The second-order valence-corrected chi connectivity index (χ2v) is 7.91. The highest BCUT2D eigenvalue weighted by Crippen LogP contribution is 2.29. The highest BCUT2D eigenvalue weighted by molar-refractivity contribution is 5.87. The first-order valence-electron chi connectivity index (χ1n) is 10.5. The molecule has 0 bridgehead atoms. The molecule has 1 saturated heterocycles. The molecular weight excluding hydrogens is 350 g/mol. The number of fused-ring (bicyclic) bond motifs is 1. The van der Waals surface area contributed by atoms with Crippen molar-refractivity contribution >= 4 is 16.9 Å². The van der Waals surface area contributed by atoms with E-state index in [4.69, 9.17) is 4.74 Å². The first kappa shape index (κ1) is 17.6. The summed E-state index contributed by atoms with van der Waals surface area (Å²) in [6.07, 6.45) is 13.1. The molecule has 6 nitrogen and oxygen atoms in total. The van der Waals surface area contributed by atoms with Crippen LogP contribution >= 0.6 is 0 Å². The third-order valence-electron chi connectivity index (χ3n) is 6.02. The summed E-state index contributed by atoms with van der Waals surface area (Å²) in [7, 11) is 0. The Bertz CT molecular complexity index is 911. The van der Waals surface area contributed by atoms with Crippen LogP contribution in [0.4, 0.5) is 5.82 Å². The van der Waals surface area contributed by atoms with Gasteiger partial charge in [0.05, 0.1) is 29.5 Å². The molecule has 28 heavy (non-hydrogen) atoms. The average molecular weight is 377 g/mol. The van der Waals surface area contributed by atoms with Gasteiger partial charge in [0.2, 0.25) is 0 Å². The van der Waals surface area contributed by atoms with Gasteiger partial charge in [-0.25, -0.2) is 14.6 Å². The molecule has 0 atom stereocenters. The number of rotatable bonds is 4. The van der Waals surface area contributed by atoms with E-state index < -0.39 is 0 Å². The largest absolute Gasteiger partial charge is 0.375 e. The van der Waals surface area contributed by atoms with Crippen LogP contribution in [0.3, 0.4) is 0 Å². The monoisotopic (exact) mass is 377 g/mol. The fraction of sp³-hybridized carbons (Fsp3) is 0.500. The van der Waals surface area contributed by atoms with Gasteiger partial charge < -0.3 is 9.64 Å². The van der Waals surface area contributed by atoms with Gasteiger partial charge in [-0.1, -0.05) is 37.5 Å². The van der Waals surface area contributed by atoms with Gasteiger partial charge in [0.15, 0.2) is 5.65 Å². The molecule has 2 aliphatic rings. The Labute approximate surface area is 165 Å². The zero-order valence-corrected chi connectivity index (χ0v) is 16.2. The second kappa shape index (κ2) is 7.87. The molecule has 2 aromatic heterocycles. The second-order valence-electron chi connectivity index (χ2n) is 7.91. The lowest BCUT2D eigenvalue weighted by Crippen LogP contribution is -2.39. The van der Waals surface area contributed by atoms with Crippen LogP contribution in [-0.4, -0.2) is 45.0 Å². The number of hydrogen-bond donors (Lipinski definition) is 0. The van der Waals surface area contributed by atoms with Crippen molar-refractivity contribution in [1.29, 1.82) is 0 Å². The van der Waals surface area contributed by atoms with E-state index in [1.54, 1.807) is 6.33 Å². The van der Waals surface area contributed by atoms with E-state index in [0.717, 1.165) is 48.5 Å². The molecule has 1 saturated carbocycles. The van der Waals surface area contributed by atoms with Crippen LogP contribution in [0.2, 0.25) is 0 Å². The van der Waals surface area contributed by atoms with Crippen LogP contribution in [0.15, 0.2) is 42.9 Å². The Hall–Kier alpha value is -2.47. The first-order valence-corrected chi connectivity index (χ1v) is 10.5. The van der Waals surface area contributed by atoms with Gasteiger partial charge in [-0.15, -0.1) is 0 Å². The normalized spacial score (nSPS) is 19.4. The number of anilines is 1. The maximum absolute atomic E-state index is 6.39. The van der Waals surface area contributed by atoms with Crippen LogP contribution in [0, 0.1) is 0 Å². The number of nitrogens with zero attached hydrogens (tertiary/aromatic N) is 5. The number of ether oxygens (including phenoxy) is 1. The lowest BCUT2D eigenvalue weighted by molar-refractivity contribution is -0.0395. The van der Waals surface area contributed by atoms with E-state index >= 15 is 0 Å². The number of hydrogen-bond acceptors (Lipinski definition) is 5. The van der Waals surface area contributed by atoms with Crippen molar-refractivity contribution in [3.05, 3.63) is 42.9 Å². The summed E-state index contributed by atoms with van der Waals surface area (Å²) < 4.78 is 8.28. The van der Waals surface area contributed by atoms with Crippen molar-refractivity contribution in [2.75, 3.05) is 18.0 Å². The summed E-state index contributed by atoms with van der Waals surface area (Å²) in [5.74, 6) is 0.989. The molecule has 1 aromatic carbocycles. The minimum Gasteiger partial charge on any atom is -0.375 e. The Morgan fingerprint density at radius 2 is 1.61 bits per heavy atom. The maximum Gasteiger partial charge on any atom is 0.168 e. The van der Waals surface area contributed by atoms with Crippen LogP contribution in [-0.2, 0) is 4.74 Å². The van der Waals surface area contributed by atoms with E-state index in [1.165, 1.54) is 32.1 Å². The molecule has 5 rings (SSSR count). The van der Waals surface area contributed by atoms with Crippen molar-refractivity contribution in [3.63, 3.8) is 0 Å². The third-order valence-corrected chi connectivity index (χ3v) is 6.02. The van der Waals surface area contributed by atoms with Crippen molar-refractivity contribution in [2.45, 2.75) is 57.2 Å². The van der Waals surface area contributed by atoms with E-state index in [-0.39, 0.29) is 0 Å². The zero-order valence-electron chi connectivity index (χ0n) is 16.2. The summed E-state index contributed by atoms with van der Waals surface area (Å²) in [5, 5.41) is 5.59. The molecule has 3 heterocycles. The minimum absolute atomic E-state index is 0.392. The van der Waals surface area contributed by atoms with Crippen LogP contribution < -0.4 is 4.90 Å². The molecule has 0 N–H and O–H groups in total. The smallest absolute Gasteiger partial charge is 0.168 e. The molecule has 0 radical (unpaired) electrons. The fourth-order valence-corrected chi connectivity index (χ4v) is 4.52. The molecule has 0 spiro atoms. The number of para-hydroxylation sites is 1. The predicted molar refractivity (Wildman–Crippen MR) is 110 cm³/mol. The van der Waals surface area contributed by atoms with E-state index in [9.17, 15) is 0 Å². The number of benzene rings is 1. The van der Waals surface area contributed by atoms with Crippen LogP contribution in [0.5, 0.6) is 0 Å². The molecule has 0 unspecified atom stereocenters. The van der Waals surface area contributed by atoms with Gasteiger partial charge in [-0.05, 0) is 37.8 Å². The predicted octanol–water partition coefficient (Wildman–Crippen LogP) is 4.13. The zero-order chi connectivity index (χ0) is 18.8. The Morgan fingerprint density at radius 1 is 0.857 bits per heavy atom. The lowest BCUT2D eigenvalue weighted by atomic mass is 9.97. The van der Waals surface area contributed by atoms with Crippen LogP contribution in [0.1, 0.15) is 44.9 Å². The Morgan fingerprint density at radius 3 is 2.39 bits per heavy atom. The summed E-state index contributed by atoms with van der Waals surface area (Å²) in [4.78, 5) is 11.5. The quantitative estimate of drug-likeness (QED) is 0.684. The Balaban J connectivity index is 1.31. The topological polar surface area (TPSA) is 56.1 Å². The molecule has 2 fully saturated rings. The van der Waals surface area contributed by atoms with Gasteiger partial charge in [-0.3, -0.25) is 0 Å². The van der Waals surface area contributed by atoms with Gasteiger partial charge in [0, 0.05) is 13.1 Å². The number of piperidine rings is 1. The molecule has 0 amide bonds. The van der Waals surface area contributed by atoms with Crippen molar-refractivity contribution in [3.8, 4) is 5.69 Å². The minimum atomic E-state index is 0.392.